The molecule has 1 aliphatic carbocycles. The first kappa shape index (κ1) is 40.6. The summed E-state index contributed by atoms with van der Waals surface area (Å²) < 4.78 is 46.5. The third-order valence-electron chi connectivity index (χ3n) is 9.75. The van der Waals surface area contributed by atoms with Crippen molar-refractivity contribution in [1.82, 2.24) is 0 Å². The fraction of sp³-hybridized carbons (Fsp3) is 0.806. The average molecular weight is 736 g/mol. The van der Waals surface area contributed by atoms with Gasteiger partial charge in [0, 0.05) is 18.6 Å². The molecular formula is C31H53N5O15. The monoisotopic (exact) mass is 735 g/mol. The first-order valence-electron chi connectivity index (χ1n) is 16.9. The number of hydrogen-bond acceptors (Lipinski definition) is 20. The fourth-order valence-corrected chi connectivity index (χ4v) is 6.75. The molecule has 17 N–H and O–H groups in total. The third kappa shape index (κ3) is 9.04. The zero-order chi connectivity index (χ0) is 37.0. The van der Waals surface area contributed by atoms with Gasteiger partial charge in [0.25, 0.3) is 0 Å². The van der Waals surface area contributed by atoms with Gasteiger partial charge in [-0.15, -0.1) is 0 Å². The van der Waals surface area contributed by atoms with E-state index in [1.165, 1.54) is 0 Å². The molecule has 1 saturated carbocycles. The fourth-order valence-electron chi connectivity index (χ4n) is 6.75. The number of benzene rings is 1. The van der Waals surface area contributed by atoms with Crippen LogP contribution in [0, 0.1) is 0 Å². The maximum Gasteiger partial charge on any atom is 0.187 e. The highest BCUT2D eigenvalue weighted by Crippen LogP contribution is 2.34. The van der Waals surface area contributed by atoms with Gasteiger partial charge in [0.05, 0.1) is 38.0 Å². The molecule has 0 spiro atoms. The van der Waals surface area contributed by atoms with Crippen LogP contribution in [0.3, 0.4) is 0 Å². The Labute approximate surface area is 294 Å². The second-order valence-electron chi connectivity index (χ2n) is 13.3. The van der Waals surface area contributed by atoms with Gasteiger partial charge in [-0.1, -0.05) is 30.3 Å². The van der Waals surface area contributed by atoms with E-state index < -0.39 is 129 Å². The summed E-state index contributed by atoms with van der Waals surface area (Å²) in [6, 6.07) is 5.07. The average Bonchev–Trinajstić information content (AvgIpc) is 3.42. The lowest BCUT2D eigenvalue weighted by atomic mass is 9.84. The Morgan fingerprint density at radius 1 is 0.608 bits per heavy atom. The summed E-state index contributed by atoms with van der Waals surface area (Å²) in [7, 11) is 0. The van der Waals surface area contributed by atoms with Crippen molar-refractivity contribution in [3.63, 3.8) is 0 Å². The van der Waals surface area contributed by atoms with Crippen LogP contribution in [0.4, 0.5) is 0 Å². The summed E-state index contributed by atoms with van der Waals surface area (Å²) in [5.74, 6) is 0. The van der Waals surface area contributed by atoms with E-state index in [1.807, 2.05) is 30.3 Å². The normalized spacial score (nSPS) is 46.3. The molecule has 0 radical (unpaired) electrons. The molecule has 19 atom stereocenters. The van der Waals surface area contributed by atoms with Crippen LogP contribution in [0.15, 0.2) is 30.3 Å². The van der Waals surface area contributed by atoms with Gasteiger partial charge in [0.1, 0.15) is 73.9 Å². The Morgan fingerprint density at radius 2 is 1.18 bits per heavy atom. The molecule has 3 saturated heterocycles. The smallest absolute Gasteiger partial charge is 0.187 e. The highest BCUT2D eigenvalue weighted by atomic mass is 16.8. The van der Waals surface area contributed by atoms with Crippen LogP contribution >= 0.6 is 0 Å². The molecule has 20 heteroatoms. The summed E-state index contributed by atoms with van der Waals surface area (Å²) >= 11 is 0. The van der Waals surface area contributed by atoms with Gasteiger partial charge in [-0.05, 0) is 12.0 Å². The maximum absolute atomic E-state index is 11.3. The SMILES string of the molecule is NC[C@@H]1O[C@H](O[C@H]2[C@@H](O)[C@H](O[C@@H]3[C@@H](O)[C@H](N)C[C@H](N)[C@H]3O[C@H]3O[C@H](CO)[C@@H](OCOCc4ccccc4)[C@H](O)[C@H]3N)O[C@@H]2CO)[C@H](N)[C@@H](O)[C@@H]1O. The van der Waals surface area contributed by atoms with Gasteiger partial charge in [-0.25, -0.2) is 0 Å². The number of ether oxygens (including phenoxy) is 8. The van der Waals surface area contributed by atoms with Crippen LogP contribution in [-0.4, -0.2) is 179 Å². The van der Waals surface area contributed by atoms with Crippen LogP contribution in [0.2, 0.25) is 0 Å². The minimum Gasteiger partial charge on any atom is -0.394 e. The predicted octanol–water partition coefficient (Wildman–Crippen LogP) is -6.66. The van der Waals surface area contributed by atoms with Crippen molar-refractivity contribution >= 4 is 0 Å². The second kappa shape index (κ2) is 18.2. The molecule has 3 aliphatic heterocycles. The summed E-state index contributed by atoms with van der Waals surface area (Å²) in [5.41, 5.74) is 31.5. The van der Waals surface area contributed by atoms with Crippen LogP contribution in [0.25, 0.3) is 0 Å². The van der Waals surface area contributed by atoms with Crippen LogP contribution in [-0.2, 0) is 44.5 Å². The van der Waals surface area contributed by atoms with Gasteiger partial charge in [-0.2, -0.15) is 0 Å². The summed E-state index contributed by atoms with van der Waals surface area (Å²) in [4.78, 5) is 0. The maximum atomic E-state index is 11.3. The molecule has 1 aromatic rings. The minimum absolute atomic E-state index is 0.0661. The third-order valence-corrected chi connectivity index (χ3v) is 9.75. The molecule has 4 aliphatic rings. The first-order valence-corrected chi connectivity index (χ1v) is 16.9. The molecule has 3 heterocycles. The molecule has 0 amide bonds. The number of hydrogen-bond donors (Lipinski definition) is 12. The van der Waals surface area contributed by atoms with Crippen LogP contribution in [0.5, 0.6) is 0 Å². The van der Waals surface area contributed by atoms with Crippen molar-refractivity contribution in [2.75, 3.05) is 26.6 Å². The molecule has 0 unspecified atom stereocenters. The molecule has 0 aromatic heterocycles. The van der Waals surface area contributed by atoms with Gasteiger partial charge >= 0.3 is 0 Å². The van der Waals surface area contributed by atoms with Crippen LogP contribution in [0.1, 0.15) is 12.0 Å². The Bertz CT molecular complexity index is 1200. The Balaban J connectivity index is 1.24. The standard InChI is InChI=1S/C31H53N5O15/c32-7-15-21(40)22(41)18(35)29(46-15)50-27-17(9-38)48-31(24(27)43)51-28-20(39)13(33)6-14(34)25(28)49-30-19(36)23(42)26(16(8-37)47-30)45-11-44-10-12-4-2-1-3-5-12/h1-5,13-31,37-43H,6-11,32-36H2/t13-,14+,15+,16-,17-,18-,19-,20+,21-,22-,23-,24-,25-,26-,27-,28-,29-,30-,31+/m1/s1. The topological polar surface area (TPSA) is 346 Å². The van der Waals surface area contributed by atoms with Crippen molar-refractivity contribution in [3.05, 3.63) is 35.9 Å². The zero-order valence-corrected chi connectivity index (χ0v) is 27.9. The largest absolute Gasteiger partial charge is 0.394 e. The van der Waals surface area contributed by atoms with E-state index in [0.29, 0.717) is 0 Å². The van der Waals surface area contributed by atoms with E-state index in [0.717, 1.165) is 5.56 Å². The highest BCUT2D eigenvalue weighted by Gasteiger charge is 2.54. The number of nitrogens with two attached hydrogens (primary N) is 5. The van der Waals surface area contributed by atoms with Gasteiger partial charge in [0.15, 0.2) is 18.9 Å². The summed E-state index contributed by atoms with van der Waals surface area (Å²) in [6.45, 7) is -1.41. The van der Waals surface area contributed by atoms with Gasteiger partial charge < -0.3 is 102 Å². The van der Waals surface area contributed by atoms with Crippen molar-refractivity contribution < 1.29 is 73.6 Å². The highest BCUT2D eigenvalue weighted by molar-refractivity contribution is 5.13. The lowest BCUT2D eigenvalue weighted by Gasteiger charge is -2.47. The lowest BCUT2D eigenvalue weighted by molar-refractivity contribution is -0.319. The Kier molecular flexibility index (Phi) is 14.5. The first-order chi connectivity index (χ1) is 24.4. The number of rotatable bonds is 14. The molecule has 1 aromatic carbocycles. The van der Waals surface area contributed by atoms with E-state index in [4.69, 9.17) is 66.6 Å². The van der Waals surface area contributed by atoms with Crippen molar-refractivity contribution in [1.29, 1.82) is 0 Å². The van der Waals surface area contributed by atoms with Gasteiger partial charge in [-0.3, -0.25) is 0 Å². The molecule has 292 valence electrons. The lowest BCUT2D eigenvalue weighted by Crippen LogP contribution is -2.68. The molecule has 0 bridgehead atoms. The van der Waals surface area contributed by atoms with Crippen molar-refractivity contribution in [3.8, 4) is 0 Å². The van der Waals surface area contributed by atoms with E-state index >= 15 is 0 Å². The molecule has 20 nitrogen and oxygen atoms in total. The number of aliphatic hydroxyl groups excluding tert-OH is 7. The summed E-state index contributed by atoms with van der Waals surface area (Å²) in [5, 5.41) is 74.2. The van der Waals surface area contributed by atoms with Crippen molar-refractivity contribution in [2.24, 2.45) is 28.7 Å². The molecular weight excluding hydrogens is 682 g/mol. The summed E-state index contributed by atoms with van der Waals surface area (Å²) in [6.07, 6.45) is -19.9. The molecule has 51 heavy (non-hydrogen) atoms. The second-order valence-corrected chi connectivity index (χ2v) is 13.3. The zero-order valence-electron chi connectivity index (χ0n) is 27.9. The van der Waals surface area contributed by atoms with Gasteiger partial charge in [0.2, 0.25) is 0 Å². The van der Waals surface area contributed by atoms with Crippen molar-refractivity contribution in [2.45, 2.75) is 129 Å². The van der Waals surface area contributed by atoms with E-state index in [-0.39, 0.29) is 26.4 Å². The number of aliphatic hydroxyl groups is 7. The molecule has 5 rings (SSSR count). The van der Waals surface area contributed by atoms with E-state index in [2.05, 4.69) is 0 Å². The van der Waals surface area contributed by atoms with E-state index in [1.54, 1.807) is 0 Å². The van der Waals surface area contributed by atoms with Crippen LogP contribution < -0.4 is 28.7 Å². The quantitative estimate of drug-likeness (QED) is 0.0624. The minimum atomic E-state index is -1.63. The Morgan fingerprint density at radius 3 is 1.82 bits per heavy atom. The Hall–Kier alpha value is -1.58. The molecule has 4 fully saturated rings. The predicted molar refractivity (Wildman–Crippen MR) is 171 cm³/mol. The van der Waals surface area contributed by atoms with E-state index in [9.17, 15) is 35.7 Å².